The fraction of sp³-hybridized carbons (Fsp3) is 0.643. The predicted molar refractivity (Wildman–Crippen MR) is 77.5 cm³/mol. The molecule has 2 rings (SSSR count). The minimum Gasteiger partial charge on any atom is -0.353 e. The Balaban J connectivity index is 1.80. The number of hydrogen-bond acceptors (Lipinski definition) is 2. The molecule has 1 heterocycles. The molecule has 2 aliphatic rings. The molecule has 1 amide bonds. The van der Waals surface area contributed by atoms with Crippen LogP contribution in [-0.2, 0) is 4.79 Å². The molecule has 3 nitrogen and oxygen atoms in total. The number of hydrogen-bond donors (Lipinski definition) is 2. The van der Waals surface area contributed by atoms with E-state index in [0.717, 1.165) is 32.4 Å². The Kier molecular flexibility index (Phi) is 5.01. The third-order valence-electron chi connectivity index (χ3n) is 3.61. The van der Waals surface area contributed by atoms with Crippen LogP contribution in [-0.4, -0.2) is 25.0 Å². The van der Waals surface area contributed by atoms with Crippen LogP contribution in [0.3, 0.4) is 0 Å². The smallest absolute Gasteiger partial charge is 0.224 e. The van der Waals surface area contributed by atoms with Crippen molar-refractivity contribution < 1.29 is 4.79 Å². The molecule has 1 aliphatic carbocycles. The summed E-state index contributed by atoms with van der Waals surface area (Å²) in [6, 6.07) is 0.364. The van der Waals surface area contributed by atoms with E-state index in [-0.39, 0.29) is 5.91 Å². The number of amides is 1. The Morgan fingerprint density at radius 3 is 2.83 bits per heavy atom. The normalized spacial score (nSPS) is 25.3. The second-order valence-corrected chi connectivity index (χ2v) is 6.17. The molecule has 0 aromatic carbocycles. The van der Waals surface area contributed by atoms with Gasteiger partial charge in [-0.15, -0.1) is 0 Å². The van der Waals surface area contributed by atoms with Crippen LogP contribution in [0.1, 0.15) is 32.6 Å². The van der Waals surface area contributed by atoms with Crippen molar-refractivity contribution in [2.45, 2.75) is 38.6 Å². The van der Waals surface area contributed by atoms with Crippen molar-refractivity contribution in [3.8, 4) is 0 Å². The third-order valence-corrected chi connectivity index (χ3v) is 4.66. The molecule has 0 aromatic heterocycles. The van der Waals surface area contributed by atoms with Gasteiger partial charge < -0.3 is 10.6 Å². The van der Waals surface area contributed by atoms with E-state index in [2.05, 4.69) is 45.6 Å². The zero-order chi connectivity index (χ0) is 13.0. The van der Waals surface area contributed by atoms with Crippen molar-refractivity contribution in [2.24, 2.45) is 5.92 Å². The lowest BCUT2D eigenvalue weighted by molar-refractivity contribution is -0.121. The highest BCUT2D eigenvalue weighted by Gasteiger charge is 2.18. The van der Waals surface area contributed by atoms with E-state index in [1.807, 2.05) is 0 Å². The molecule has 1 saturated heterocycles. The topological polar surface area (TPSA) is 41.1 Å². The van der Waals surface area contributed by atoms with E-state index in [4.69, 9.17) is 0 Å². The quantitative estimate of drug-likeness (QED) is 0.840. The summed E-state index contributed by atoms with van der Waals surface area (Å²) in [6.07, 6.45) is 7.77. The highest BCUT2D eigenvalue weighted by atomic mass is 79.9. The Labute approximate surface area is 117 Å². The van der Waals surface area contributed by atoms with Gasteiger partial charge >= 0.3 is 0 Å². The maximum Gasteiger partial charge on any atom is 0.224 e. The van der Waals surface area contributed by atoms with E-state index >= 15 is 0 Å². The van der Waals surface area contributed by atoms with Crippen LogP contribution >= 0.6 is 15.9 Å². The number of halogens is 1. The number of carbonyl (C=O) groups excluding carboxylic acids is 1. The second kappa shape index (κ2) is 6.53. The molecule has 100 valence electrons. The van der Waals surface area contributed by atoms with Crippen LogP contribution in [0.5, 0.6) is 0 Å². The van der Waals surface area contributed by atoms with E-state index in [1.54, 1.807) is 0 Å². The van der Waals surface area contributed by atoms with Crippen LogP contribution in [0.2, 0.25) is 0 Å². The minimum absolute atomic E-state index is 0.173. The molecule has 1 unspecified atom stereocenters. The fourth-order valence-electron chi connectivity index (χ4n) is 2.50. The van der Waals surface area contributed by atoms with E-state index < -0.39 is 0 Å². The SMILES string of the molecule is CC1CC(CC(=O)NC2CCNCC2)=CC=C1Br. The van der Waals surface area contributed by atoms with Gasteiger partial charge in [0.25, 0.3) is 0 Å². The molecule has 1 fully saturated rings. The van der Waals surface area contributed by atoms with Gasteiger partial charge in [0.15, 0.2) is 0 Å². The molecule has 1 atom stereocenters. The summed E-state index contributed by atoms with van der Waals surface area (Å²) in [7, 11) is 0. The Hall–Kier alpha value is -0.610. The first-order valence-electron chi connectivity index (χ1n) is 6.70. The van der Waals surface area contributed by atoms with Gasteiger partial charge in [0.1, 0.15) is 0 Å². The van der Waals surface area contributed by atoms with Crippen molar-refractivity contribution in [1.82, 2.24) is 10.6 Å². The van der Waals surface area contributed by atoms with Crippen LogP contribution in [0.4, 0.5) is 0 Å². The molecule has 4 heteroatoms. The van der Waals surface area contributed by atoms with Gasteiger partial charge in [0, 0.05) is 12.5 Å². The van der Waals surface area contributed by atoms with Gasteiger partial charge in [-0.05, 0) is 42.8 Å². The first-order valence-corrected chi connectivity index (χ1v) is 7.49. The maximum atomic E-state index is 12.0. The maximum absolute atomic E-state index is 12.0. The zero-order valence-corrected chi connectivity index (χ0v) is 12.4. The fourth-order valence-corrected chi connectivity index (χ4v) is 2.80. The lowest BCUT2D eigenvalue weighted by Gasteiger charge is -2.24. The summed E-state index contributed by atoms with van der Waals surface area (Å²) in [5.41, 5.74) is 1.23. The van der Waals surface area contributed by atoms with E-state index in [1.165, 1.54) is 10.1 Å². The monoisotopic (exact) mass is 312 g/mol. The Morgan fingerprint density at radius 2 is 2.17 bits per heavy atom. The summed E-state index contributed by atoms with van der Waals surface area (Å²) >= 11 is 3.54. The first kappa shape index (κ1) is 13.8. The summed E-state index contributed by atoms with van der Waals surface area (Å²) < 4.78 is 1.23. The average molecular weight is 313 g/mol. The van der Waals surface area contributed by atoms with Crippen molar-refractivity contribution in [1.29, 1.82) is 0 Å². The summed E-state index contributed by atoms with van der Waals surface area (Å²) in [5.74, 6) is 0.670. The lowest BCUT2D eigenvalue weighted by Crippen LogP contribution is -2.42. The highest BCUT2D eigenvalue weighted by molar-refractivity contribution is 9.11. The van der Waals surface area contributed by atoms with Gasteiger partial charge in [0.2, 0.25) is 5.91 Å². The third kappa shape index (κ3) is 3.95. The van der Waals surface area contributed by atoms with Crippen molar-refractivity contribution >= 4 is 21.8 Å². The number of carbonyl (C=O) groups is 1. The van der Waals surface area contributed by atoms with Gasteiger partial charge in [-0.2, -0.15) is 0 Å². The first-order chi connectivity index (χ1) is 8.65. The zero-order valence-electron chi connectivity index (χ0n) is 10.8. The molecule has 2 N–H and O–H groups in total. The largest absolute Gasteiger partial charge is 0.353 e. The number of allylic oxidation sites excluding steroid dienone is 3. The van der Waals surface area contributed by atoms with Crippen molar-refractivity contribution in [3.05, 3.63) is 22.2 Å². The average Bonchev–Trinajstić information content (AvgIpc) is 2.35. The summed E-state index contributed by atoms with van der Waals surface area (Å²) in [6.45, 7) is 4.21. The van der Waals surface area contributed by atoms with Gasteiger partial charge in [-0.1, -0.05) is 40.6 Å². The van der Waals surface area contributed by atoms with Crippen molar-refractivity contribution in [2.75, 3.05) is 13.1 Å². The van der Waals surface area contributed by atoms with Gasteiger partial charge in [-0.3, -0.25) is 4.79 Å². The number of rotatable bonds is 3. The number of nitrogens with one attached hydrogen (secondary N) is 2. The summed E-state index contributed by atoms with van der Waals surface area (Å²) in [4.78, 5) is 12.0. The molecule has 1 aliphatic heterocycles. The standard InChI is InChI=1S/C14H21BrN2O/c1-10-8-11(2-3-13(10)15)9-14(18)17-12-4-6-16-7-5-12/h2-3,10,12,16H,4-9H2,1H3,(H,17,18). The molecule has 0 bridgehead atoms. The molecule has 18 heavy (non-hydrogen) atoms. The van der Waals surface area contributed by atoms with Gasteiger partial charge in [0.05, 0.1) is 0 Å². The lowest BCUT2D eigenvalue weighted by atomic mass is 9.93. The molecule has 0 aromatic rings. The van der Waals surface area contributed by atoms with Crippen LogP contribution in [0, 0.1) is 5.92 Å². The van der Waals surface area contributed by atoms with E-state index in [9.17, 15) is 4.79 Å². The van der Waals surface area contributed by atoms with Crippen LogP contribution < -0.4 is 10.6 Å². The second-order valence-electron chi connectivity index (χ2n) is 5.25. The van der Waals surface area contributed by atoms with Gasteiger partial charge in [-0.25, -0.2) is 0 Å². The highest BCUT2D eigenvalue weighted by Crippen LogP contribution is 2.30. The molecular formula is C14H21BrN2O. The summed E-state index contributed by atoms with van der Waals surface area (Å²) in [5, 5.41) is 6.44. The molecule has 0 saturated carbocycles. The Morgan fingerprint density at radius 1 is 1.44 bits per heavy atom. The number of piperidine rings is 1. The van der Waals surface area contributed by atoms with E-state index in [0.29, 0.717) is 18.4 Å². The predicted octanol–water partition coefficient (Wildman–Crippen LogP) is 2.49. The molecular weight excluding hydrogens is 292 g/mol. The van der Waals surface area contributed by atoms with Crippen molar-refractivity contribution in [3.63, 3.8) is 0 Å². The molecule has 0 spiro atoms. The minimum atomic E-state index is 0.173. The Bertz CT molecular complexity index is 370. The molecule has 0 radical (unpaired) electrons. The van der Waals surface area contributed by atoms with Crippen LogP contribution in [0.15, 0.2) is 22.2 Å². The van der Waals surface area contributed by atoms with Crippen LogP contribution in [0.25, 0.3) is 0 Å².